The highest BCUT2D eigenvalue weighted by molar-refractivity contribution is 14.0. The topological polar surface area (TPSA) is 63.5 Å². The number of hydrogen-bond acceptors (Lipinski definition) is 3. The summed E-state index contributed by atoms with van der Waals surface area (Å²) in [5.74, 6) is 0.835. The molecule has 0 saturated carbocycles. The second kappa shape index (κ2) is 12.1. The van der Waals surface area contributed by atoms with Gasteiger partial charge in [0, 0.05) is 32.9 Å². The van der Waals surface area contributed by atoms with Crippen molar-refractivity contribution in [3.63, 3.8) is 0 Å². The Balaban J connectivity index is 0.00000280. The molecule has 0 radical (unpaired) electrons. The first-order valence-corrected chi connectivity index (χ1v) is 9.96. The number of hydrogen-bond donors (Lipinski definition) is 2. The van der Waals surface area contributed by atoms with Crippen LogP contribution in [-0.2, 0) is 24.8 Å². The van der Waals surface area contributed by atoms with E-state index < -0.39 is 0 Å². The van der Waals surface area contributed by atoms with E-state index in [-0.39, 0.29) is 30.1 Å². The first kappa shape index (κ1) is 22.7. The summed E-state index contributed by atoms with van der Waals surface area (Å²) >= 11 is 0. The molecule has 0 spiro atoms. The molecule has 3 rings (SSSR count). The molecule has 6 nitrogen and oxygen atoms in total. The molecule has 0 amide bonds. The molecular weight excluding hydrogens is 465 g/mol. The maximum absolute atomic E-state index is 6.17. The molecule has 0 aliphatic heterocycles. The Kier molecular flexibility index (Phi) is 9.77. The van der Waals surface area contributed by atoms with Crippen molar-refractivity contribution in [3.05, 3.63) is 53.3 Å². The second-order valence-corrected chi connectivity index (χ2v) is 6.87. The Morgan fingerprint density at radius 3 is 2.93 bits per heavy atom. The molecule has 1 aromatic carbocycles. The van der Waals surface area contributed by atoms with Gasteiger partial charge >= 0.3 is 0 Å². The van der Waals surface area contributed by atoms with Gasteiger partial charge in [-0.3, -0.25) is 4.68 Å². The summed E-state index contributed by atoms with van der Waals surface area (Å²) in [4.78, 5) is 4.63. The summed E-state index contributed by atoms with van der Waals surface area (Å²) in [5, 5.41) is 10.9. The van der Waals surface area contributed by atoms with Crippen molar-refractivity contribution < 1.29 is 4.74 Å². The summed E-state index contributed by atoms with van der Waals surface area (Å²) in [7, 11) is 1.94. The van der Waals surface area contributed by atoms with Crippen LogP contribution in [0, 0.1) is 0 Å². The van der Waals surface area contributed by atoms with Crippen molar-refractivity contribution in [2.24, 2.45) is 12.0 Å². The van der Waals surface area contributed by atoms with Crippen molar-refractivity contribution in [3.8, 4) is 0 Å². The van der Waals surface area contributed by atoms with Gasteiger partial charge in [0.25, 0.3) is 0 Å². The third-order valence-corrected chi connectivity index (χ3v) is 4.91. The Morgan fingerprint density at radius 1 is 1.29 bits per heavy atom. The van der Waals surface area contributed by atoms with Crippen molar-refractivity contribution in [2.75, 3.05) is 19.7 Å². The fourth-order valence-corrected chi connectivity index (χ4v) is 3.45. The molecule has 1 aromatic heterocycles. The van der Waals surface area contributed by atoms with Gasteiger partial charge < -0.3 is 15.4 Å². The lowest BCUT2D eigenvalue weighted by atomic mass is 9.89. The molecule has 2 N–H and O–H groups in total. The SMILES string of the molecule is CCNC(=NCc1ccnn1C)NCCCOC1CCCc2ccccc21.I. The largest absolute Gasteiger partial charge is 0.373 e. The average molecular weight is 497 g/mol. The molecule has 0 fully saturated rings. The minimum Gasteiger partial charge on any atom is -0.373 e. The number of nitrogens with one attached hydrogen (secondary N) is 2. The van der Waals surface area contributed by atoms with Crippen molar-refractivity contribution >= 4 is 29.9 Å². The van der Waals surface area contributed by atoms with Crippen LogP contribution < -0.4 is 10.6 Å². The number of ether oxygens (including phenoxy) is 1. The summed E-state index contributed by atoms with van der Waals surface area (Å²) < 4.78 is 8.02. The lowest BCUT2D eigenvalue weighted by Gasteiger charge is -2.25. The zero-order chi connectivity index (χ0) is 18.9. The molecule has 7 heteroatoms. The van der Waals surface area contributed by atoms with E-state index in [1.807, 2.05) is 17.8 Å². The smallest absolute Gasteiger partial charge is 0.191 e. The van der Waals surface area contributed by atoms with Gasteiger partial charge in [-0.05, 0) is 49.8 Å². The fourth-order valence-electron chi connectivity index (χ4n) is 3.45. The van der Waals surface area contributed by atoms with E-state index in [1.54, 1.807) is 6.20 Å². The normalized spacial score (nSPS) is 16.2. The Bertz CT molecular complexity index is 746. The van der Waals surface area contributed by atoms with E-state index in [1.165, 1.54) is 24.0 Å². The van der Waals surface area contributed by atoms with Crippen molar-refractivity contribution in [1.82, 2.24) is 20.4 Å². The lowest BCUT2D eigenvalue weighted by molar-refractivity contribution is 0.0398. The molecular formula is C21H32IN5O. The summed E-state index contributed by atoms with van der Waals surface area (Å²) in [5.41, 5.74) is 3.91. The minimum atomic E-state index is 0. The zero-order valence-corrected chi connectivity index (χ0v) is 19.2. The number of halogens is 1. The number of aliphatic imine (C=N–C) groups is 1. The molecule has 1 unspecified atom stereocenters. The number of aromatic nitrogens is 2. The molecule has 0 bridgehead atoms. The summed E-state index contributed by atoms with van der Waals surface area (Å²) in [6.07, 6.45) is 6.52. The standard InChI is InChI=1S/C21H31N5O.HI/c1-3-22-21(24-16-18-12-14-25-26(18)2)23-13-7-15-27-20-11-6-9-17-8-4-5-10-19(17)20;/h4-5,8,10,12,14,20H,3,6-7,9,11,13,15-16H2,1-2H3,(H2,22,23,24);1H. The van der Waals surface area contributed by atoms with E-state index >= 15 is 0 Å². The summed E-state index contributed by atoms with van der Waals surface area (Å²) in [6, 6.07) is 10.7. The average Bonchev–Trinajstić information content (AvgIpc) is 3.10. The summed E-state index contributed by atoms with van der Waals surface area (Å²) in [6.45, 7) is 5.12. The molecule has 1 aliphatic rings. The molecule has 1 atom stereocenters. The van der Waals surface area contributed by atoms with Gasteiger partial charge in [0.2, 0.25) is 0 Å². The predicted molar refractivity (Wildman–Crippen MR) is 124 cm³/mol. The number of nitrogens with zero attached hydrogens (tertiary/aromatic N) is 3. The van der Waals surface area contributed by atoms with Crippen LogP contribution >= 0.6 is 24.0 Å². The van der Waals surface area contributed by atoms with E-state index in [2.05, 4.69) is 51.9 Å². The van der Waals surface area contributed by atoms with Crippen LogP contribution in [0.1, 0.15) is 49.1 Å². The number of guanidine groups is 1. The van der Waals surface area contributed by atoms with Gasteiger partial charge in [-0.1, -0.05) is 24.3 Å². The molecule has 0 saturated heterocycles. The van der Waals surface area contributed by atoms with Gasteiger partial charge in [-0.2, -0.15) is 5.10 Å². The van der Waals surface area contributed by atoms with Crippen molar-refractivity contribution in [2.45, 2.75) is 45.3 Å². The van der Waals surface area contributed by atoms with Crippen LogP contribution in [0.4, 0.5) is 0 Å². The highest BCUT2D eigenvalue weighted by atomic mass is 127. The van der Waals surface area contributed by atoms with Gasteiger partial charge in [0.15, 0.2) is 5.96 Å². The van der Waals surface area contributed by atoms with E-state index in [0.717, 1.165) is 44.2 Å². The van der Waals surface area contributed by atoms with E-state index in [4.69, 9.17) is 4.74 Å². The third kappa shape index (κ3) is 6.48. The second-order valence-electron chi connectivity index (χ2n) is 6.87. The fraction of sp³-hybridized carbons (Fsp3) is 0.524. The quantitative estimate of drug-likeness (QED) is 0.253. The first-order valence-electron chi connectivity index (χ1n) is 9.96. The maximum atomic E-state index is 6.17. The number of aryl methyl sites for hydroxylation is 2. The molecule has 28 heavy (non-hydrogen) atoms. The van der Waals surface area contributed by atoms with E-state index in [0.29, 0.717) is 6.54 Å². The molecule has 1 heterocycles. The van der Waals surface area contributed by atoms with Crippen LogP contribution in [0.15, 0.2) is 41.5 Å². The van der Waals surface area contributed by atoms with Gasteiger partial charge in [0.05, 0.1) is 18.3 Å². The predicted octanol–water partition coefficient (Wildman–Crippen LogP) is 3.58. The number of rotatable bonds is 8. The third-order valence-electron chi connectivity index (χ3n) is 4.91. The highest BCUT2D eigenvalue weighted by Crippen LogP contribution is 2.32. The molecule has 154 valence electrons. The van der Waals surface area contributed by atoms with E-state index in [9.17, 15) is 0 Å². The van der Waals surface area contributed by atoms with Crippen LogP contribution in [0.3, 0.4) is 0 Å². The van der Waals surface area contributed by atoms with Gasteiger partial charge in [0.1, 0.15) is 0 Å². The van der Waals surface area contributed by atoms with Crippen LogP contribution in [-0.4, -0.2) is 35.4 Å². The minimum absolute atomic E-state index is 0. The monoisotopic (exact) mass is 497 g/mol. The zero-order valence-electron chi connectivity index (χ0n) is 16.9. The Labute approximate surface area is 185 Å². The molecule has 2 aromatic rings. The number of fused-ring (bicyclic) bond motifs is 1. The van der Waals surface area contributed by atoms with Gasteiger partial charge in [-0.15, -0.1) is 24.0 Å². The van der Waals surface area contributed by atoms with Crippen molar-refractivity contribution in [1.29, 1.82) is 0 Å². The van der Waals surface area contributed by atoms with Crippen LogP contribution in [0.25, 0.3) is 0 Å². The molecule has 1 aliphatic carbocycles. The van der Waals surface area contributed by atoms with Crippen LogP contribution in [0.2, 0.25) is 0 Å². The van der Waals surface area contributed by atoms with Crippen LogP contribution in [0.5, 0.6) is 0 Å². The Hall–Kier alpha value is -1.61. The number of benzene rings is 1. The first-order chi connectivity index (χ1) is 13.3. The maximum Gasteiger partial charge on any atom is 0.191 e. The highest BCUT2D eigenvalue weighted by Gasteiger charge is 2.19. The lowest BCUT2D eigenvalue weighted by Crippen LogP contribution is -2.38. The Morgan fingerprint density at radius 2 is 2.14 bits per heavy atom. The van der Waals surface area contributed by atoms with Gasteiger partial charge in [-0.25, -0.2) is 4.99 Å².